The van der Waals surface area contributed by atoms with Gasteiger partial charge in [-0.05, 0) is 91.5 Å². The molecule has 0 aliphatic heterocycles. The second kappa shape index (κ2) is 10.3. The van der Waals surface area contributed by atoms with E-state index in [1.807, 2.05) is 0 Å². The molecule has 232 valence electrons. The van der Waals surface area contributed by atoms with Crippen LogP contribution < -0.4 is 0 Å². The van der Waals surface area contributed by atoms with Gasteiger partial charge in [-0.25, -0.2) is 0 Å². The van der Waals surface area contributed by atoms with Crippen LogP contribution in [0.1, 0.15) is 22.3 Å². The molecule has 0 atom stereocenters. The van der Waals surface area contributed by atoms with E-state index in [9.17, 15) is 0 Å². The lowest BCUT2D eigenvalue weighted by molar-refractivity contribution is 0.793. The van der Waals surface area contributed by atoms with Gasteiger partial charge in [-0.15, -0.1) is 0 Å². The summed E-state index contributed by atoms with van der Waals surface area (Å²) < 4.78 is 2.52. The highest BCUT2D eigenvalue weighted by Gasteiger charge is 2.52. The molecule has 1 nitrogen and oxygen atoms in total. The van der Waals surface area contributed by atoms with Crippen LogP contribution in [-0.2, 0) is 5.41 Å². The molecular formula is C49H31N. The molecule has 1 spiro atoms. The summed E-state index contributed by atoms with van der Waals surface area (Å²) in [6.45, 7) is 0. The van der Waals surface area contributed by atoms with E-state index in [4.69, 9.17) is 0 Å². The van der Waals surface area contributed by atoms with Crippen molar-refractivity contribution < 1.29 is 0 Å². The van der Waals surface area contributed by atoms with Gasteiger partial charge in [-0.1, -0.05) is 158 Å². The molecule has 0 unspecified atom stereocenters. The average Bonchev–Trinajstić information content (AvgIpc) is 3.80. The van der Waals surface area contributed by atoms with Crippen molar-refractivity contribution in [2.24, 2.45) is 0 Å². The van der Waals surface area contributed by atoms with Crippen molar-refractivity contribution in [2.75, 3.05) is 0 Å². The van der Waals surface area contributed by atoms with E-state index < -0.39 is 0 Å². The fourth-order valence-electron chi connectivity index (χ4n) is 9.21. The summed E-state index contributed by atoms with van der Waals surface area (Å²) in [5, 5.41) is 2.52. The first-order chi connectivity index (χ1) is 24.8. The number of nitrogens with zero attached hydrogens (tertiary/aromatic N) is 1. The molecule has 1 heterocycles. The number of hydrogen-bond acceptors (Lipinski definition) is 0. The van der Waals surface area contributed by atoms with Crippen LogP contribution in [-0.4, -0.2) is 4.57 Å². The van der Waals surface area contributed by atoms with E-state index in [0.717, 1.165) is 0 Å². The Morgan fingerprint density at radius 3 is 1.30 bits per heavy atom. The first-order valence-corrected chi connectivity index (χ1v) is 17.4. The number of hydrogen-bond donors (Lipinski definition) is 0. The van der Waals surface area contributed by atoms with Crippen molar-refractivity contribution >= 4 is 21.8 Å². The van der Waals surface area contributed by atoms with Crippen LogP contribution in [0.5, 0.6) is 0 Å². The Balaban J connectivity index is 1.25. The normalized spacial score (nSPS) is 13.4. The van der Waals surface area contributed by atoms with Crippen LogP contribution in [0, 0.1) is 0 Å². The molecule has 1 heteroatoms. The van der Waals surface area contributed by atoms with Crippen molar-refractivity contribution in [3.8, 4) is 50.2 Å². The van der Waals surface area contributed by atoms with Crippen LogP contribution in [0.15, 0.2) is 188 Å². The molecule has 11 rings (SSSR count). The lowest BCUT2D eigenvalue weighted by atomic mass is 9.70. The number of fused-ring (bicyclic) bond motifs is 13. The minimum absolute atomic E-state index is 0.380. The average molecular weight is 634 g/mol. The third kappa shape index (κ3) is 3.56. The Hall–Kier alpha value is -6.44. The van der Waals surface area contributed by atoms with E-state index >= 15 is 0 Å². The summed E-state index contributed by atoms with van der Waals surface area (Å²) in [4.78, 5) is 0. The maximum Gasteiger partial charge on any atom is 0.0726 e. The van der Waals surface area contributed by atoms with Gasteiger partial charge in [0.25, 0.3) is 0 Å². The Bertz CT molecular complexity index is 2660. The summed E-state index contributed by atoms with van der Waals surface area (Å²) in [6.07, 6.45) is 0. The zero-order valence-corrected chi connectivity index (χ0v) is 27.3. The first kappa shape index (κ1) is 27.5. The van der Waals surface area contributed by atoms with Gasteiger partial charge in [-0.3, -0.25) is 0 Å². The minimum Gasteiger partial charge on any atom is -0.309 e. The highest BCUT2D eigenvalue weighted by atomic mass is 15.0. The zero-order chi connectivity index (χ0) is 32.8. The Labute approximate surface area is 291 Å². The highest BCUT2D eigenvalue weighted by Crippen LogP contribution is 2.63. The monoisotopic (exact) mass is 633 g/mol. The maximum atomic E-state index is 2.52. The quantitative estimate of drug-likeness (QED) is 0.182. The summed E-state index contributed by atoms with van der Waals surface area (Å²) in [5.41, 5.74) is 18.9. The molecule has 50 heavy (non-hydrogen) atoms. The lowest BCUT2D eigenvalue weighted by Gasteiger charge is -2.30. The smallest absolute Gasteiger partial charge is 0.0726 e. The van der Waals surface area contributed by atoms with E-state index in [0.29, 0.717) is 0 Å². The summed E-state index contributed by atoms with van der Waals surface area (Å²) in [7, 11) is 0. The molecule has 1 aromatic heterocycles. The van der Waals surface area contributed by atoms with Crippen LogP contribution in [0.3, 0.4) is 0 Å². The van der Waals surface area contributed by atoms with Gasteiger partial charge >= 0.3 is 0 Å². The predicted molar refractivity (Wildman–Crippen MR) is 208 cm³/mol. The Morgan fingerprint density at radius 2 is 0.760 bits per heavy atom. The van der Waals surface area contributed by atoms with Crippen molar-refractivity contribution in [1.82, 2.24) is 4.57 Å². The fraction of sp³-hybridized carbons (Fsp3) is 0.0204. The molecule has 9 aromatic rings. The van der Waals surface area contributed by atoms with Gasteiger partial charge in [0.1, 0.15) is 0 Å². The standard InChI is InChI=1S/C49H31N/c1-3-14-32(15-4-1)34-26-28-45-39(30-34)40-31-35(33-16-5-2-6-17-33)27-29-46(40)50(45)47-25-13-24-44-48(47)38-20-9-12-23-43(38)49(44)41-21-10-7-18-36(41)37-19-8-11-22-42(37)49/h1-31H. The third-order valence-corrected chi connectivity index (χ3v) is 11.2. The van der Waals surface area contributed by atoms with Crippen molar-refractivity contribution in [1.29, 1.82) is 0 Å². The third-order valence-electron chi connectivity index (χ3n) is 11.2. The van der Waals surface area contributed by atoms with Crippen LogP contribution >= 0.6 is 0 Å². The van der Waals surface area contributed by atoms with Gasteiger partial charge in [0.15, 0.2) is 0 Å². The van der Waals surface area contributed by atoms with Crippen molar-refractivity contribution in [3.63, 3.8) is 0 Å². The first-order valence-electron chi connectivity index (χ1n) is 17.4. The lowest BCUT2D eigenvalue weighted by Crippen LogP contribution is -2.25. The molecular weight excluding hydrogens is 603 g/mol. The van der Waals surface area contributed by atoms with Gasteiger partial charge in [0.2, 0.25) is 0 Å². The number of rotatable bonds is 3. The van der Waals surface area contributed by atoms with E-state index in [1.165, 1.54) is 94.3 Å². The topological polar surface area (TPSA) is 4.93 Å². The SMILES string of the molecule is c1ccc(-c2ccc3c(c2)c2cc(-c4ccccc4)ccc2n3-c2cccc3c2-c2ccccc2C32c3ccccc3-c3ccccc32)cc1. The van der Waals surface area contributed by atoms with Gasteiger partial charge < -0.3 is 4.57 Å². The van der Waals surface area contributed by atoms with Gasteiger partial charge in [-0.2, -0.15) is 0 Å². The number of aromatic nitrogens is 1. The molecule has 0 amide bonds. The minimum atomic E-state index is -0.380. The molecule has 8 aromatic carbocycles. The molecule has 0 N–H and O–H groups in total. The molecule has 0 radical (unpaired) electrons. The number of benzene rings is 8. The molecule has 2 aliphatic rings. The molecule has 0 saturated carbocycles. The van der Waals surface area contributed by atoms with Crippen LogP contribution in [0.4, 0.5) is 0 Å². The van der Waals surface area contributed by atoms with Crippen LogP contribution in [0.25, 0.3) is 72.0 Å². The Kier molecular flexibility index (Phi) is 5.66. The van der Waals surface area contributed by atoms with E-state index in [1.54, 1.807) is 0 Å². The second-order valence-corrected chi connectivity index (χ2v) is 13.6. The van der Waals surface area contributed by atoms with Gasteiger partial charge in [0, 0.05) is 16.3 Å². The largest absolute Gasteiger partial charge is 0.309 e. The predicted octanol–water partition coefficient (Wildman–Crippen LogP) is 12.5. The molecule has 2 aliphatic carbocycles. The van der Waals surface area contributed by atoms with E-state index in [2.05, 4.69) is 193 Å². The Morgan fingerprint density at radius 1 is 0.320 bits per heavy atom. The molecule has 0 saturated heterocycles. The summed E-state index contributed by atoms with van der Waals surface area (Å²) in [5.74, 6) is 0. The van der Waals surface area contributed by atoms with E-state index in [-0.39, 0.29) is 5.41 Å². The van der Waals surface area contributed by atoms with Gasteiger partial charge in [0.05, 0.1) is 22.1 Å². The summed E-state index contributed by atoms with van der Waals surface area (Å²) in [6, 6.07) is 69.7. The molecule has 0 bridgehead atoms. The zero-order valence-electron chi connectivity index (χ0n) is 27.3. The maximum absolute atomic E-state index is 2.52. The fourth-order valence-corrected chi connectivity index (χ4v) is 9.21. The molecule has 0 fully saturated rings. The summed E-state index contributed by atoms with van der Waals surface area (Å²) >= 11 is 0. The van der Waals surface area contributed by atoms with Crippen LogP contribution in [0.2, 0.25) is 0 Å². The van der Waals surface area contributed by atoms with Crippen molar-refractivity contribution in [2.45, 2.75) is 5.41 Å². The second-order valence-electron chi connectivity index (χ2n) is 13.6. The van der Waals surface area contributed by atoms with Crippen molar-refractivity contribution in [3.05, 3.63) is 210 Å². The highest BCUT2D eigenvalue weighted by molar-refractivity contribution is 6.12.